The summed E-state index contributed by atoms with van der Waals surface area (Å²) in [4.78, 5) is 23.4. The van der Waals surface area contributed by atoms with Gasteiger partial charge in [-0.1, -0.05) is 42.5 Å². The van der Waals surface area contributed by atoms with Crippen LogP contribution >= 0.6 is 0 Å². The van der Waals surface area contributed by atoms with Gasteiger partial charge in [0.15, 0.2) is 0 Å². The van der Waals surface area contributed by atoms with Crippen LogP contribution in [0.4, 0.5) is 17.1 Å². The first-order valence-electron chi connectivity index (χ1n) is 10.3. The lowest BCUT2D eigenvalue weighted by molar-refractivity contribution is -0.115. The molecule has 0 radical (unpaired) electrons. The van der Waals surface area contributed by atoms with E-state index in [-0.39, 0.29) is 18.4 Å². The fraction of sp³-hybridized carbons (Fsp3) is 0.200. The van der Waals surface area contributed by atoms with Crippen LogP contribution in [0.5, 0.6) is 5.75 Å². The highest BCUT2D eigenvalue weighted by atomic mass is 16.5. The zero-order valence-electron chi connectivity index (χ0n) is 17.6. The first-order chi connectivity index (χ1) is 15.1. The molecule has 160 valence electrons. The summed E-state index contributed by atoms with van der Waals surface area (Å²) in [5.74, 6) is 0.413. The van der Waals surface area contributed by atoms with Crippen molar-refractivity contribution in [3.63, 3.8) is 0 Å². The van der Waals surface area contributed by atoms with Crippen molar-refractivity contribution in [2.45, 2.75) is 19.8 Å². The van der Waals surface area contributed by atoms with E-state index in [1.54, 1.807) is 24.3 Å². The van der Waals surface area contributed by atoms with Gasteiger partial charge >= 0.3 is 0 Å². The summed E-state index contributed by atoms with van der Waals surface area (Å²) in [6, 6.07) is 24.9. The molecule has 0 atom stereocenters. The second kappa shape index (κ2) is 11.4. The molecule has 2 amide bonds. The first-order valence-corrected chi connectivity index (χ1v) is 10.3. The number of anilines is 3. The highest BCUT2D eigenvalue weighted by Gasteiger charge is 2.07. The van der Waals surface area contributed by atoms with E-state index in [0.717, 1.165) is 24.3 Å². The van der Waals surface area contributed by atoms with Gasteiger partial charge in [-0.25, -0.2) is 0 Å². The zero-order chi connectivity index (χ0) is 21.9. The number of carbonyl (C=O) groups is 2. The third-order valence-electron chi connectivity index (χ3n) is 4.53. The number of nitrogens with one attached hydrogen (secondary N) is 3. The number of rotatable bonds is 10. The Morgan fingerprint density at radius 3 is 2.16 bits per heavy atom. The number of aryl methyl sites for hydroxylation is 1. The number of carbonyl (C=O) groups excluding carboxylic acids is 2. The minimum atomic E-state index is -0.175. The second-order valence-corrected chi connectivity index (χ2v) is 7.09. The number of benzene rings is 3. The van der Waals surface area contributed by atoms with E-state index in [1.807, 2.05) is 42.5 Å². The molecule has 3 N–H and O–H groups in total. The van der Waals surface area contributed by atoms with Crippen LogP contribution in [-0.2, 0) is 16.0 Å². The van der Waals surface area contributed by atoms with Crippen molar-refractivity contribution < 1.29 is 14.3 Å². The van der Waals surface area contributed by atoms with Gasteiger partial charge in [-0.15, -0.1) is 0 Å². The Morgan fingerprint density at radius 2 is 1.45 bits per heavy atom. The van der Waals surface area contributed by atoms with Crippen molar-refractivity contribution in [1.82, 2.24) is 0 Å². The van der Waals surface area contributed by atoms with Crippen molar-refractivity contribution in [3.05, 3.63) is 84.4 Å². The fourth-order valence-electron chi connectivity index (χ4n) is 3.06. The molecular formula is C25H27N3O3. The normalized spacial score (nSPS) is 10.2. The summed E-state index contributed by atoms with van der Waals surface area (Å²) < 4.78 is 5.93. The Bertz CT molecular complexity index is 988. The van der Waals surface area contributed by atoms with Crippen molar-refractivity contribution >= 4 is 28.9 Å². The number of hydrogen-bond acceptors (Lipinski definition) is 4. The largest absolute Gasteiger partial charge is 0.491 e. The molecule has 0 aliphatic heterocycles. The second-order valence-electron chi connectivity index (χ2n) is 7.09. The maximum absolute atomic E-state index is 12.3. The van der Waals surface area contributed by atoms with Gasteiger partial charge in [-0.05, 0) is 54.8 Å². The highest BCUT2D eigenvalue weighted by molar-refractivity contribution is 5.94. The van der Waals surface area contributed by atoms with Gasteiger partial charge in [0.1, 0.15) is 5.75 Å². The predicted molar refractivity (Wildman–Crippen MR) is 125 cm³/mol. The Morgan fingerprint density at radius 1 is 0.806 bits per heavy atom. The summed E-state index contributed by atoms with van der Waals surface area (Å²) in [6.45, 7) is 2.16. The van der Waals surface area contributed by atoms with Crippen LogP contribution in [0.3, 0.4) is 0 Å². The molecule has 6 heteroatoms. The molecule has 0 saturated carbocycles. The molecule has 0 aromatic heterocycles. The Hall–Kier alpha value is -3.80. The summed E-state index contributed by atoms with van der Waals surface area (Å²) >= 11 is 0. The number of amides is 2. The Balaban J connectivity index is 1.45. The predicted octanol–water partition coefficient (Wildman–Crippen LogP) is 4.71. The molecule has 0 fully saturated rings. The smallest absolute Gasteiger partial charge is 0.243 e. The molecule has 3 rings (SSSR count). The van der Waals surface area contributed by atoms with Crippen LogP contribution in [0.1, 0.15) is 18.9 Å². The highest BCUT2D eigenvalue weighted by Crippen LogP contribution is 2.24. The first kappa shape index (κ1) is 21.9. The molecule has 31 heavy (non-hydrogen) atoms. The topological polar surface area (TPSA) is 79.5 Å². The van der Waals surface area contributed by atoms with E-state index in [4.69, 9.17) is 4.74 Å². The molecule has 0 aliphatic carbocycles. The van der Waals surface area contributed by atoms with E-state index in [0.29, 0.717) is 18.0 Å². The minimum absolute atomic E-state index is 0.109. The van der Waals surface area contributed by atoms with Crippen LogP contribution in [0.25, 0.3) is 0 Å². The van der Waals surface area contributed by atoms with Crippen LogP contribution < -0.4 is 20.7 Å². The van der Waals surface area contributed by atoms with E-state index < -0.39 is 0 Å². The zero-order valence-corrected chi connectivity index (χ0v) is 17.6. The lowest BCUT2D eigenvalue weighted by Crippen LogP contribution is -2.22. The van der Waals surface area contributed by atoms with Crippen LogP contribution in [-0.4, -0.2) is 25.0 Å². The van der Waals surface area contributed by atoms with Gasteiger partial charge in [-0.3, -0.25) is 9.59 Å². The van der Waals surface area contributed by atoms with Crippen molar-refractivity contribution in [1.29, 1.82) is 0 Å². The molecule has 3 aromatic rings. The molecule has 0 unspecified atom stereocenters. The molecule has 3 aromatic carbocycles. The summed E-state index contributed by atoms with van der Waals surface area (Å²) in [7, 11) is 0. The SMILES string of the molecule is CC(=O)Nc1ccc(NC(=O)CNc2ccccc2OCCCc2ccccc2)cc1. The molecule has 0 aliphatic rings. The number of hydrogen-bond donors (Lipinski definition) is 3. The maximum Gasteiger partial charge on any atom is 0.243 e. The minimum Gasteiger partial charge on any atom is -0.491 e. The van der Waals surface area contributed by atoms with Gasteiger partial charge in [0.05, 0.1) is 18.8 Å². The van der Waals surface area contributed by atoms with Gasteiger partial charge in [-0.2, -0.15) is 0 Å². The Kier molecular flexibility index (Phi) is 8.05. The summed E-state index contributed by atoms with van der Waals surface area (Å²) in [6.07, 6.45) is 1.87. The van der Waals surface area contributed by atoms with Crippen LogP contribution in [0, 0.1) is 0 Å². The third-order valence-corrected chi connectivity index (χ3v) is 4.53. The molecule has 0 spiro atoms. The van der Waals surface area contributed by atoms with E-state index in [2.05, 4.69) is 28.1 Å². The standard InChI is InChI=1S/C25H27N3O3/c1-19(29)27-21-13-15-22(16-14-21)28-25(30)18-26-23-11-5-6-12-24(23)31-17-7-10-20-8-3-2-4-9-20/h2-6,8-9,11-16,26H,7,10,17-18H2,1H3,(H,27,29)(H,28,30). The van der Waals surface area contributed by atoms with Crippen LogP contribution in [0.2, 0.25) is 0 Å². The number of ether oxygens (including phenoxy) is 1. The third kappa shape index (κ3) is 7.51. The fourth-order valence-corrected chi connectivity index (χ4v) is 3.06. The lowest BCUT2D eigenvalue weighted by atomic mass is 10.1. The molecular weight excluding hydrogens is 390 g/mol. The molecule has 0 saturated heterocycles. The molecule has 0 heterocycles. The Labute approximate surface area is 182 Å². The maximum atomic E-state index is 12.3. The number of para-hydroxylation sites is 2. The van der Waals surface area contributed by atoms with Crippen molar-refractivity contribution in [2.75, 3.05) is 29.1 Å². The van der Waals surface area contributed by atoms with Crippen molar-refractivity contribution in [2.24, 2.45) is 0 Å². The van der Waals surface area contributed by atoms with E-state index in [1.165, 1.54) is 12.5 Å². The van der Waals surface area contributed by atoms with Gasteiger partial charge in [0.2, 0.25) is 11.8 Å². The van der Waals surface area contributed by atoms with Crippen molar-refractivity contribution in [3.8, 4) is 5.75 Å². The quantitative estimate of drug-likeness (QED) is 0.418. The lowest BCUT2D eigenvalue weighted by Gasteiger charge is -2.13. The van der Waals surface area contributed by atoms with Gasteiger partial charge < -0.3 is 20.7 Å². The monoisotopic (exact) mass is 417 g/mol. The van der Waals surface area contributed by atoms with Gasteiger partial charge in [0, 0.05) is 18.3 Å². The van der Waals surface area contributed by atoms with E-state index >= 15 is 0 Å². The van der Waals surface area contributed by atoms with E-state index in [9.17, 15) is 9.59 Å². The summed E-state index contributed by atoms with van der Waals surface area (Å²) in [5, 5.41) is 8.65. The summed E-state index contributed by atoms with van der Waals surface area (Å²) in [5.41, 5.74) is 3.41. The average molecular weight is 418 g/mol. The average Bonchev–Trinajstić information content (AvgIpc) is 2.78. The molecule has 0 bridgehead atoms. The van der Waals surface area contributed by atoms with Crippen LogP contribution in [0.15, 0.2) is 78.9 Å². The van der Waals surface area contributed by atoms with Gasteiger partial charge in [0.25, 0.3) is 0 Å². The molecule has 6 nitrogen and oxygen atoms in total.